The van der Waals surface area contributed by atoms with Crippen LogP contribution in [-0.2, 0) is 4.79 Å². The molecule has 134 valence electrons. The van der Waals surface area contributed by atoms with Crippen molar-refractivity contribution in [1.29, 1.82) is 0 Å². The van der Waals surface area contributed by atoms with E-state index < -0.39 is 4.92 Å². The minimum Gasteiger partial charge on any atom is -0.349 e. The summed E-state index contributed by atoms with van der Waals surface area (Å²) in [5.74, 6) is 0.0733. The van der Waals surface area contributed by atoms with E-state index >= 15 is 0 Å². The van der Waals surface area contributed by atoms with Gasteiger partial charge in [0.2, 0.25) is 5.91 Å². The van der Waals surface area contributed by atoms with Gasteiger partial charge in [-0.3, -0.25) is 14.9 Å². The maximum Gasteiger partial charge on any atom is 0.270 e. The number of thioether (sulfide) groups is 1. The predicted octanol–water partition coefficient (Wildman–Crippen LogP) is 4.83. The molecule has 0 radical (unpaired) electrons. The summed E-state index contributed by atoms with van der Waals surface area (Å²) in [5.41, 5.74) is 1.58. The summed E-state index contributed by atoms with van der Waals surface area (Å²) in [6.45, 7) is 1.88. The zero-order chi connectivity index (χ0) is 18.7. The number of carbonyl (C=O) groups excluding carboxylic acids is 1. The Kier molecular flexibility index (Phi) is 5.75. The van der Waals surface area contributed by atoms with Crippen LogP contribution in [0.15, 0.2) is 46.8 Å². The van der Waals surface area contributed by atoms with Crippen molar-refractivity contribution < 1.29 is 9.72 Å². The van der Waals surface area contributed by atoms with Crippen LogP contribution in [0.4, 0.5) is 5.69 Å². The number of nitrogens with zero attached hydrogens (tertiary/aromatic N) is 2. The van der Waals surface area contributed by atoms with Crippen molar-refractivity contribution >= 4 is 56.5 Å². The molecular weight excluding hydrogens is 394 g/mol. The largest absolute Gasteiger partial charge is 0.349 e. The van der Waals surface area contributed by atoms with Gasteiger partial charge in [-0.05, 0) is 24.6 Å². The van der Waals surface area contributed by atoms with Gasteiger partial charge in [-0.1, -0.05) is 41.6 Å². The topological polar surface area (TPSA) is 85.1 Å². The minimum atomic E-state index is -0.435. The Labute approximate surface area is 162 Å². The molecule has 1 atom stereocenters. The van der Waals surface area contributed by atoms with E-state index in [0.29, 0.717) is 14.9 Å². The molecule has 3 rings (SSSR count). The van der Waals surface area contributed by atoms with Crippen LogP contribution in [-0.4, -0.2) is 21.6 Å². The van der Waals surface area contributed by atoms with E-state index in [1.807, 2.05) is 25.1 Å². The van der Waals surface area contributed by atoms with E-state index in [1.54, 1.807) is 12.1 Å². The second-order valence-electron chi connectivity index (χ2n) is 5.49. The maximum absolute atomic E-state index is 12.2. The monoisotopic (exact) mass is 407 g/mol. The SMILES string of the molecule is C[C@H](NC(=O)CSc1nc2ccc([N+](=O)[O-])cc2s1)c1ccccc1Cl. The Morgan fingerprint density at radius 2 is 2.15 bits per heavy atom. The molecule has 9 heteroatoms. The van der Waals surface area contributed by atoms with Gasteiger partial charge in [-0.25, -0.2) is 4.98 Å². The zero-order valence-electron chi connectivity index (χ0n) is 13.6. The highest BCUT2D eigenvalue weighted by molar-refractivity contribution is 8.01. The minimum absolute atomic E-state index is 0.0315. The second-order valence-corrected chi connectivity index (χ2v) is 8.15. The number of benzene rings is 2. The highest BCUT2D eigenvalue weighted by atomic mass is 35.5. The Hall–Kier alpha value is -2.16. The summed E-state index contributed by atoms with van der Waals surface area (Å²) in [6, 6.07) is 11.7. The maximum atomic E-state index is 12.2. The molecule has 3 aromatic rings. The molecule has 1 amide bonds. The summed E-state index contributed by atoms with van der Waals surface area (Å²) in [5, 5.41) is 14.4. The third-order valence-electron chi connectivity index (χ3n) is 3.64. The second kappa shape index (κ2) is 8.03. The lowest BCUT2D eigenvalue weighted by atomic mass is 10.1. The highest BCUT2D eigenvalue weighted by Crippen LogP contribution is 2.32. The molecule has 0 saturated carbocycles. The molecular formula is C17H14ClN3O3S2. The number of non-ortho nitro benzene ring substituents is 1. The van der Waals surface area contributed by atoms with Crippen LogP contribution in [0.5, 0.6) is 0 Å². The van der Waals surface area contributed by atoms with Crippen molar-refractivity contribution in [1.82, 2.24) is 10.3 Å². The molecule has 0 aliphatic carbocycles. The molecule has 1 heterocycles. The number of halogens is 1. The fourth-order valence-electron chi connectivity index (χ4n) is 2.38. The summed E-state index contributed by atoms with van der Waals surface area (Å²) < 4.78 is 1.42. The smallest absolute Gasteiger partial charge is 0.270 e. The van der Waals surface area contributed by atoms with Crippen LogP contribution in [0.3, 0.4) is 0 Å². The first-order chi connectivity index (χ1) is 12.4. The van der Waals surface area contributed by atoms with Crippen molar-refractivity contribution in [3.63, 3.8) is 0 Å². The summed E-state index contributed by atoms with van der Waals surface area (Å²) >= 11 is 8.78. The van der Waals surface area contributed by atoms with E-state index in [-0.39, 0.29) is 23.4 Å². The van der Waals surface area contributed by atoms with E-state index in [1.165, 1.54) is 35.2 Å². The first-order valence-electron chi connectivity index (χ1n) is 7.65. The molecule has 0 bridgehead atoms. The molecule has 0 aliphatic rings. The van der Waals surface area contributed by atoms with Crippen LogP contribution in [0, 0.1) is 10.1 Å². The van der Waals surface area contributed by atoms with Gasteiger partial charge in [-0.2, -0.15) is 0 Å². The number of hydrogen-bond donors (Lipinski definition) is 1. The Morgan fingerprint density at radius 1 is 1.38 bits per heavy atom. The number of nitro benzene ring substituents is 1. The first-order valence-corrected chi connectivity index (χ1v) is 9.83. The van der Waals surface area contributed by atoms with Crippen LogP contribution in [0.25, 0.3) is 10.2 Å². The lowest BCUT2D eigenvalue weighted by Crippen LogP contribution is -2.28. The highest BCUT2D eigenvalue weighted by Gasteiger charge is 2.14. The molecule has 0 spiro atoms. The number of carbonyl (C=O) groups is 1. The fraction of sp³-hybridized carbons (Fsp3) is 0.176. The average molecular weight is 408 g/mol. The van der Waals surface area contributed by atoms with Gasteiger partial charge >= 0.3 is 0 Å². The van der Waals surface area contributed by atoms with E-state index in [4.69, 9.17) is 11.6 Å². The number of thiazole rings is 1. The van der Waals surface area contributed by atoms with Gasteiger partial charge in [-0.15, -0.1) is 11.3 Å². The summed E-state index contributed by atoms with van der Waals surface area (Å²) in [4.78, 5) is 27.0. The number of hydrogen-bond acceptors (Lipinski definition) is 6. The van der Waals surface area contributed by atoms with Gasteiger partial charge in [0, 0.05) is 17.2 Å². The van der Waals surface area contributed by atoms with Gasteiger partial charge in [0.25, 0.3) is 5.69 Å². The molecule has 0 saturated heterocycles. The third kappa shape index (κ3) is 4.32. The number of aromatic nitrogens is 1. The number of nitrogens with one attached hydrogen (secondary N) is 1. The molecule has 1 aromatic heterocycles. The molecule has 0 aliphatic heterocycles. The predicted molar refractivity (Wildman–Crippen MR) is 105 cm³/mol. The van der Waals surface area contributed by atoms with Crippen molar-refractivity contribution in [2.75, 3.05) is 5.75 Å². The Balaban J connectivity index is 1.61. The molecule has 2 aromatic carbocycles. The van der Waals surface area contributed by atoms with Crippen molar-refractivity contribution in [2.24, 2.45) is 0 Å². The van der Waals surface area contributed by atoms with E-state index in [0.717, 1.165) is 10.3 Å². The molecule has 0 unspecified atom stereocenters. The fourth-order valence-corrected chi connectivity index (χ4v) is 4.59. The van der Waals surface area contributed by atoms with Gasteiger partial charge in [0.1, 0.15) is 0 Å². The Bertz CT molecular complexity index is 977. The number of nitro groups is 1. The molecule has 6 nitrogen and oxygen atoms in total. The van der Waals surface area contributed by atoms with E-state index in [9.17, 15) is 14.9 Å². The Morgan fingerprint density at radius 3 is 2.88 bits per heavy atom. The zero-order valence-corrected chi connectivity index (χ0v) is 16.0. The number of fused-ring (bicyclic) bond motifs is 1. The van der Waals surface area contributed by atoms with Crippen molar-refractivity contribution in [3.8, 4) is 0 Å². The van der Waals surface area contributed by atoms with Gasteiger partial charge < -0.3 is 5.32 Å². The lowest BCUT2D eigenvalue weighted by Gasteiger charge is -2.15. The number of amides is 1. The first kappa shape index (κ1) is 18.6. The van der Waals surface area contributed by atoms with Crippen LogP contribution in [0.2, 0.25) is 5.02 Å². The molecule has 0 fully saturated rings. The third-order valence-corrected chi connectivity index (χ3v) is 6.14. The van der Waals surface area contributed by atoms with E-state index in [2.05, 4.69) is 10.3 Å². The van der Waals surface area contributed by atoms with Crippen LogP contribution in [0.1, 0.15) is 18.5 Å². The van der Waals surface area contributed by atoms with Crippen molar-refractivity contribution in [3.05, 3.63) is 63.2 Å². The van der Waals surface area contributed by atoms with Crippen LogP contribution >= 0.6 is 34.7 Å². The normalized spacial score (nSPS) is 12.1. The summed E-state index contributed by atoms with van der Waals surface area (Å²) in [7, 11) is 0. The lowest BCUT2D eigenvalue weighted by molar-refractivity contribution is -0.384. The average Bonchev–Trinajstić information content (AvgIpc) is 3.02. The van der Waals surface area contributed by atoms with Crippen molar-refractivity contribution in [2.45, 2.75) is 17.3 Å². The van der Waals surface area contributed by atoms with Gasteiger partial charge in [0.05, 0.1) is 26.9 Å². The molecule has 26 heavy (non-hydrogen) atoms. The molecule has 1 N–H and O–H groups in total. The van der Waals surface area contributed by atoms with Crippen LogP contribution < -0.4 is 5.32 Å². The number of rotatable bonds is 6. The standard InChI is InChI=1S/C17H14ClN3O3S2/c1-10(12-4-2-3-5-13(12)18)19-16(22)9-25-17-20-14-7-6-11(21(23)24)8-15(14)26-17/h2-8,10H,9H2,1H3,(H,19,22)/t10-/m0/s1. The quantitative estimate of drug-likeness (QED) is 0.359. The summed E-state index contributed by atoms with van der Waals surface area (Å²) in [6.07, 6.45) is 0. The van der Waals surface area contributed by atoms with Gasteiger partial charge in [0.15, 0.2) is 4.34 Å².